The highest BCUT2D eigenvalue weighted by Gasteiger charge is 2.37. The molecule has 1 aliphatic rings. The van der Waals surface area contributed by atoms with Crippen molar-refractivity contribution in [2.45, 2.75) is 25.7 Å². The number of amides is 1. The fourth-order valence-electron chi connectivity index (χ4n) is 2.63. The highest BCUT2D eigenvalue weighted by atomic mass is 16.1. The Hall–Kier alpha value is -2.24. The molecule has 0 saturated heterocycles. The van der Waals surface area contributed by atoms with Gasteiger partial charge < -0.3 is 5.73 Å². The third-order valence-corrected chi connectivity index (χ3v) is 3.33. The van der Waals surface area contributed by atoms with E-state index in [4.69, 9.17) is 5.73 Å². The van der Waals surface area contributed by atoms with Crippen molar-refractivity contribution >= 4 is 5.91 Å². The number of aromatic amines is 1. The predicted octanol–water partition coefficient (Wildman–Crippen LogP) is 0.799. The average Bonchev–Trinajstić information content (AvgIpc) is 2.74. The lowest BCUT2D eigenvalue weighted by Crippen LogP contribution is -2.29. The number of nitrogens with two attached hydrogens (primary N) is 1. The second-order valence-electron chi connectivity index (χ2n) is 5.14. The molecule has 1 aliphatic carbocycles. The zero-order valence-electron chi connectivity index (χ0n) is 10.2. The van der Waals surface area contributed by atoms with Crippen LogP contribution < -0.4 is 5.73 Å². The molecule has 1 amide bonds. The largest absolute Gasteiger partial charge is 0.364 e. The molecule has 0 aromatic carbocycles. The van der Waals surface area contributed by atoms with Crippen LogP contribution in [0.5, 0.6) is 0 Å². The summed E-state index contributed by atoms with van der Waals surface area (Å²) in [5, 5.41) is 6.91. The molecule has 0 spiro atoms. The van der Waals surface area contributed by atoms with E-state index in [1.165, 1.54) is 6.33 Å². The smallest absolute Gasteiger partial charge is 0.269 e. The summed E-state index contributed by atoms with van der Waals surface area (Å²) in [6, 6.07) is 0. The van der Waals surface area contributed by atoms with Gasteiger partial charge >= 0.3 is 0 Å². The molecule has 0 aliphatic heterocycles. The number of fused-ring (bicyclic) bond motifs is 3. The summed E-state index contributed by atoms with van der Waals surface area (Å²) in [6.07, 6.45) is 4.06. The van der Waals surface area contributed by atoms with Gasteiger partial charge in [-0.1, -0.05) is 13.8 Å². The molecule has 0 unspecified atom stereocenters. The number of rotatable bonds is 1. The maximum atomic E-state index is 11.4. The summed E-state index contributed by atoms with van der Waals surface area (Å²) >= 11 is 0. The third-order valence-electron chi connectivity index (χ3n) is 3.33. The van der Waals surface area contributed by atoms with Gasteiger partial charge in [0.2, 0.25) is 0 Å². The topological polar surface area (TPSA) is 97.6 Å². The summed E-state index contributed by atoms with van der Waals surface area (Å²) in [5.41, 5.74) is 8.94. The van der Waals surface area contributed by atoms with Crippen LogP contribution in [0.15, 0.2) is 12.5 Å². The molecule has 3 rings (SSSR count). The van der Waals surface area contributed by atoms with E-state index < -0.39 is 5.91 Å². The van der Waals surface area contributed by atoms with Gasteiger partial charge in [0.05, 0.1) is 11.4 Å². The van der Waals surface area contributed by atoms with Gasteiger partial charge in [0, 0.05) is 11.8 Å². The number of nitrogens with zero attached hydrogens (tertiary/aromatic N) is 3. The van der Waals surface area contributed by atoms with E-state index in [0.717, 1.165) is 28.9 Å². The first-order valence-electron chi connectivity index (χ1n) is 5.68. The molecule has 2 aromatic heterocycles. The van der Waals surface area contributed by atoms with Crippen LogP contribution in [0, 0.1) is 0 Å². The van der Waals surface area contributed by atoms with E-state index in [1.54, 1.807) is 6.20 Å². The summed E-state index contributed by atoms with van der Waals surface area (Å²) in [5.74, 6) is -0.516. The maximum absolute atomic E-state index is 11.4. The van der Waals surface area contributed by atoms with E-state index in [1.807, 2.05) is 0 Å². The molecule has 0 fully saturated rings. The Morgan fingerprint density at radius 2 is 2.28 bits per heavy atom. The highest BCUT2D eigenvalue weighted by molar-refractivity contribution is 5.95. The Morgan fingerprint density at radius 3 is 3.00 bits per heavy atom. The number of hydrogen-bond donors (Lipinski definition) is 2. The molecular weight excluding hydrogens is 230 g/mol. The number of H-pyrrole nitrogens is 1. The fraction of sp³-hybridized carbons (Fsp3) is 0.333. The number of nitrogens with one attached hydrogen (secondary N) is 1. The molecule has 6 heteroatoms. The van der Waals surface area contributed by atoms with Gasteiger partial charge in [0.15, 0.2) is 5.69 Å². The molecule has 18 heavy (non-hydrogen) atoms. The molecule has 0 atom stereocenters. The van der Waals surface area contributed by atoms with Gasteiger partial charge in [0.25, 0.3) is 5.91 Å². The molecule has 6 nitrogen and oxygen atoms in total. The van der Waals surface area contributed by atoms with Gasteiger partial charge in [-0.3, -0.25) is 9.89 Å². The Morgan fingerprint density at radius 1 is 1.50 bits per heavy atom. The predicted molar refractivity (Wildman–Crippen MR) is 64.9 cm³/mol. The van der Waals surface area contributed by atoms with E-state index in [0.29, 0.717) is 5.69 Å². The van der Waals surface area contributed by atoms with Crippen LogP contribution in [-0.4, -0.2) is 26.1 Å². The lowest BCUT2D eigenvalue weighted by Gasteiger charge is -2.30. The summed E-state index contributed by atoms with van der Waals surface area (Å²) in [4.78, 5) is 19.7. The van der Waals surface area contributed by atoms with Crippen molar-refractivity contribution < 1.29 is 4.79 Å². The molecule has 2 heterocycles. The number of carbonyl (C=O) groups is 1. The zero-order chi connectivity index (χ0) is 12.9. The Balaban J connectivity index is 2.33. The van der Waals surface area contributed by atoms with Crippen LogP contribution in [0.1, 0.15) is 35.5 Å². The Kier molecular flexibility index (Phi) is 2.04. The standard InChI is InChI=1S/C12H13N5O/c1-12(2)3-6-4-14-5-15-8(6)9-7(12)10(11(13)18)17-16-9/h4-5H,3H2,1-2H3,(H2,13,18)(H,16,17). The Bertz CT molecular complexity index is 644. The molecule has 2 aromatic rings. The van der Waals surface area contributed by atoms with Gasteiger partial charge in [-0.05, 0) is 17.4 Å². The number of hydrogen-bond acceptors (Lipinski definition) is 4. The third kappa shape index (κ3) is 1.35. The molecule has 0 saturated carbocycles. The second-order valence-corrected chi connectivity index (χ2v) is 5.14. The van der Waals surface area contributed by atoms with E-state index in [9.17, 15) is 4.79 Å². The molecule has 3 N–H and O–H groups in total. The summed E-state index contributed by atoms with van der Waals surface area (Å²) in [7, 11) is 0. The average molecular weight is 243 g/mol. The quantitative estimate of drug-likeness (QED) is 0.774. The minimum atomic E-state index is -0.516. The molecule has 0 radical (unpaired) electrons. The summed E-state index contributed by atoms with van der Waals surface area (Å²) < 4.78 is 0. The van der Waals surface area contributed by atoms with Crippen molar-refractivity contribution in [3.8, 4) is 11.4 Å². The van der Waals surface area contributed by atoms with Crippen molar-refractivity contribution in [2.75, 3.05) is 0 Å². The monoisotopic (exact) mass is 243 g/mol. The van der Waals surface area contributed by atoms with Crippen LogP contribution in [-0.2, 0) is 11.8 Å². The fourth-order valence-corrected chi connectivity index (χ4v) is 2.63. The molecular formula is C12H13N5O. The van der Waals surface area contributed by atoms with Crippen molar-refractivity contribution in [1.29, 1.82) is 0 Å². The SMILES string of the molecule is CC1(C)Cc2cncnc2-c2[nH]nc(C(N)=O)c21. The van der Waals surface area contributed by atoms with Gasteiger partial charge in [-0.2, -0.15) is 5.10 Å². The first-order valence-corrected chi connectivity index (χ1v) is 5.68. The van der Waals surface area contributed by atoms with Crippen molar-refractivity contribution in [2.24, 2.45) is 5.73 Å². The number of primary amides is 1. The second kappa shape index (κ2) is 3.38. The first kappa shape index (κ1) is 10.9. The minimum Gasteiger partial charge on any atom is -0.364 e. The van der Waals surface area contributed by atoms with Gasteiger partial charge in [-0.25, -0.2) is 9.97 Å². The number of aromatic nitrogens is 4. The lowest BCUT2D eigenvalue weighted by atomic mass is 9.73. The van der Waals surface area contributed by atoms with Crippen LogP contribution in [0.3, 0.4) is 0 Å². The highest BCUT2D eigenvalue weighted by Crippen LogP contribution is 2.42. The first-order chi connectivity index (χ1) is 8.50. The van der Waals surface area contributed by atoms with Crippen molar-refractivity contribution in [1.82, 2.24) is 20.2 Å². The van der Waals surface area contributed by atoms with Gasteiger partial charge in [-0.15, -0.1) is 0 Å². The van der Waals surface area contributed by atoms with Crippen LogP contribution in [0.25, 0.3) is 11.4 Å². The van der Waals surface area contributed by atoms with Crippen LogP contribution >= 0.6 is 0 Å². The normalized spacial score (nSPS) is 15.9. The van der Waals surface area contributed by atoms with Crippen LogP contribution in [0.2, 0.25) is 0 Å². The molecule has 0 bridgehead atoms. The maximum Gasteiger partial charge on any atom is 0.269 e. The Labute approximate surface area is 104 Å². The number of carbonyl (C=O) groups excluding carboxylic acids is 1. The van der Waals surface area contributed by atoms with E-state index in [-0.39, 0.29) is 5.41 Å². The van der Waals surface area contributed by atoms with Crippen molar-refractivity contribution in [3.63, 3.8) is 0 Å². The minimum absolute atomic E-state index is 0.218. The van der Waals surface area contributed by atoms with E-state index >= 15 is 0 Å². The van der Waals surface area contributed by atoms with E-state index in [2.05, 4.69) is 34.0 Å². The van der Waals surface area contributed by atoms with Gasteiger partial charge in [0.1, 0.15) is 6.33 Å². The summed E-state index contributed by atoms with van der Waals surface area (Å²) in [6.45, 7) is 4.12. The molecule has 92 valence electrons. The lowest BCUT2D eigenvalue weighted by molar-refractivity contribution is 0.0993. The van der Waals surface area contributed by atoms with Crippen LogP contribution in [0.4, 0.5) is 0 Å². The zero-order valence-corrected chi connectivity index (χ0v) is 10.2. The van der Waals surface area contributed by atoms with Crippen molar-refractivity contribution in [3.05, 3.63) is 29.3 Å².